The second-order valence-electron chi connectivity index (χ2n) is 4.44. The highest BCUT2D eigenvalue weighted by Crippen LogP contribution is 2.26. The third-order valence-corrected chi connectivity index (χ3v) is 3.04. The fourth-order valence-electron chi connectivity index (χ4n) is 1.80. The van der Waals surface area contributed by atoms with Crippen molar-refractivity contribution in [1.82, 2.24) is 0 Å². The van der Waals surface area contributed by atoms with Crippen LogP contribution in [-0.2, 0) is 0 Å². The van der Waals surface area contributed by atoms with Crippen LogP contribution in [0.15, 0.2) is 42.5 Å². The molecule has 2 aromatic rings. The van der Waals surface area contributed by atoms with Crippen LogP contribution in [0.1, 0.15) is 30.5 Å². The summed E-state index contributed by atoms with van der Waals surface area (Å²) in [6.45, 7) is 2.02. The molecule has 0 aliphatic rings. The van der Waals surface area contributed by atoms with E-state index < -0.39 is 5.82 Å². The first-order chi connectivity index (χ1) is 9.63. The van der Waals surface area contributed by atoms with Crippen LogP contribution >= 0.6 is 0 Å². The average molecular weight is 270 g/mol. The van der Waals surface area contributed by atoms with Crippen molar-refractivity contribution in [2.45, 2.75) is 19.4 Å². The maximum Gasteiger partial charge on any atom is 0.167 e. The maximum atomic E-state index is 13.7. The smallest absolute Gasteiger partial charge is 0.167 e. The van der Waals surface area contributed by atoms with Crippen LogP contribution in [0.3, 0.4) is 0 Å². The minimum atomic E-state index is -0.557. The van der Waals surface area contributed by atoms with Crippen LogP contribution in [0.25, 0.3) is 0 Å². The lowest BCUT2D eigenvalue weighted by Crippen LogP contribution is -2.08. The van der Waals surface area contributed by atoms with E-state index in [0.717, 1.165) is 18.1 Å². The second-order valence-corrected chi connectivity index (χ2v) is 4.44. The Kier molecular flexibility index (Phi) is 4.34. The van der Waals surface area contributed by atoms with E-state index in [4.69, 9.17) is 15.7 Å². The SMILES string of the molecule is CCC(N)c1ccc(Oc2ccc(C#N)cc2F)cc1. The molecule has 1 atom stereocenters. The van der Waals surface area contributed by atoms with Crippen molar-refractivity contribution >= 4 is 0 Å². The Morgan fingerprint density at radius 3 is 2.50 bits per heavy atom. The van der Waals surface area contributed by atoms with Crippen LogP contribution < -0.4 is 10.5 Å². The summed E-state index contributed by atoms with van der Waals surface area (Å²) >= 11 is 0. The standard InChI is InChI=1S/C16H15FN2O/c1-2-15(19)12-4-6-13(7-5-12)20-16-8-3-11(10-18)9-14(16)17/h3-9,15H,2,19H2,1H3. The summed E-state index contributed by atoms with van der Waals surface area (Å²) in [6, 6.07) is 13.2. The van der Waals surface area contributed by atoms with E-state index in [1.165, 1.54) is 12.1 Å². The fourth-order valence-corrected chi connectivity index (χ4v) is 1.80. The highest BCUT2D eigenvalue weighted by atomic mass is 19.1. The third-order valence-electron chi connectivity index (χ3n) is 3.04. The van der Waals surface area contributed by atoms with Gasteiger partial charge in [-0.25, -0.2) is 4.39 Å². The van der Waals surface area contributed by atoms with Crippen LogP contribution in [0.4, 0.5) is 4.39 Å². The van der Waals surface area contributed by atoms with Crippen molar-refractivity contribution in [2.75, 3.05) is 0 Å². The summed E-state index contributed by atoms with van der Waals surface area (Å²) in [5, 5.41) is 8.68. The first kappa shape index (κ1) is 14.0. The molecule has 2 aromatic carbocycles. The molecule has 1 unspecified atom stereocenters. The molecule has 3 nitrogen and oxygen atoms in total. The first-order valence-corrected chi connectivity index (χ1v) is 6.37. The van der Waals surface area contributed by atoms with Gasteiger partial charge in [-0.15, -0.1) is 0 Å². The van der Waals surface area contributed by atoms with Gasteiger partial charge in [0.2, 0.25) is 0 Å². The molecule has 0 aromatic heterocycles. The fraction of sp³-hybridized carbons (Fsp3) is 0.188. The maximum absolute atomic E-state index is 13.7. The normalized spacial score (nSPS) is 11.7. The molecular formula is C16H15FN2O. The molecule has 0 radical (unpaired) electrons. The molecule has 0 bridgehead atoms. The molecule has 20 heavy (non-hydrogen) atoms. The Balaban J connectivity index is 2.16. The predicted molar refractivity (Wildman–Crippen MR) is 74.9 cm³/mol. The topological polar surface area (TPSA) is 59.0 Å². The van der Waals surface area contributed by atoms with E-state index in [1.807, 2.05) is 25.1 Å². The van der Waals surface area contributed by atoms with Crippen LogP contribution in [0.5, 0.6) is 11.5 Å². The molecule has 0 spiro atoms. The van der Waals surface area contributed by atoms with Gasteiger partial charge in [0.1, 0.15) is 5.75 Å². The Morgan fingerprint density at radius 2 is 1.95 bits per heavy atom. The highest BCUT2D eigenvalue weighted by Gasteiger charge is 2.07. The summed E-state index contributed by atoms with van der Waals surface area (Å²) in [5.41, 5.74) is 7.20. The zero-order valence-corrected chi connectivity index (χ0v) is 11.1. The molecule has 0 fully saturated rings. The number of nitrogens with two attached hydrogens (primary N) is 1. The Hall–Kier alpha value is -2.38. The quantitative estimate of drug-likeness (QED) is 0.916. The number of nitrogens with zero attached hydrogens (tertiary/aromatic N) is 1. The van der Waals surface area contributed by atoms with Gasteiger partial charge in [0, 0.05) is 6.04 Å². The molecule has 0 aliphatic carbocycles. The lowest BCUT2D eigenvalue weighted by Gasteiger charge is -2.11. The Morgan fingerprint density at radius 1 is 1.25 bits per heavy atom. The van der Waals surface area contributed by atoms with Gasteiger partial charge in [-0.1, -0.05) is 19.1 Å². The van der Waals surface area contributed by atoms with Crippen molar-refractivity contribution in [2.24, 2.45) is 5.73 Å². The Labute approximate surface area is 117 Å². The summed E-state index contributed by atoms with van der Waals surface area (Å²) in [4.78, 5) is 0. The van der Waals surface area contributed by atoms with Crippen LogP contribution in [-0.4, -0.2) is 0 Å². The van der Waals surface area contributed by atoms with Gasteiger partial charge < -0.3 is 10.5 Å². The summed E-state index contributed by atoms with van der Waals surface area (Å²) in [7, 11) is 0. The van der Waals surface area contributed by atoms with Gasteiger partial charge >= 0.3 is 0 Å². The highest BCUT2D eigenvalue weighted by molar-refractivity contribution is 5.39. The molecule has 0 amide bonds. The predicted octanol–water partition coefficient (Wildman–Crippen LogP) is 3.90. The second kappa shape index (κ2) is 6.18. The molecule has 2 rings (SSSR count). The van der Waals surface area contributed by atoms with Gasteiger partial charge in [0.25, 0.3) is 0 Å². The molecule has 2 N–H and O–H groups in total. The van der Waals surface area contributed by atoms with Gasteiger partial charge in [-0.2, -0.15) is 5.26 Å². The number of hydrogen-bond donors (Lipinski definition) is 1. The zero-order chi connectivity index (χ0) is 14.5. The molecule has 0 heterocycles. The summed E-state index contributed by atoms with van der Waals surface area (Å²) in [5.74, 6) is 0.0654. The van der Waals surface area contributed by atoms with Crippen molar-refractivity contribution < 1.29 is 9.13 Å². The van der Waals surface area contributed by atoms with Crippen molar-refractivity contribution in [1.29, 1.82) is 5.26 Å². The number of ether oxygens (including phenoxy) is 1. The molecule has 0 saturated heterocycles. The number of nitriles is 1. The van der Waals surface area contributed by atoms with E-state index in [9.17, 15) is 4.39 Å². The average Bonchev–Trinajstić information content (AvgIpc) is 2.49. The lowest BCUT2D eigenvalue weighted by molar-refractivity contribution is 0.442. The van der Waals surface area contributed by atoms with Gasteiger partial charge in [0.15, 0.2) is 11.6 Å². The molecule has 4 heteroatoms. The van der Waals surface area contributed by atoms with Crippen LogP contribution in [0, 0.1) is 17.1 Å². The van der Waals surface area contributed by atoms with Crippen molar-refractivity contribution in [3.8, 4) is 17.6 Å². The number of halogens is 1. The van der Waals surface area contributed by atoms with Gasteiger partial charge in [-0.3, -0.25) is 0 Å². The molecular weight excluding hydrogens is 255 g/mol. The minimum Gasteiger partial charge on any atom is -0.454 e. The first-order valence-electron chi connectivity index (χ1n) is 6.37. The largest absolute Gasteiger partial charge is 0.454 e. The monoisotopic (exact) mass is 270 g/mol. The molecule has 102 valence electrons. The zero-order valence-electron chi connectivity index (χ0n) is 11.1. The van der Waals surface area contributed by atoms with E-state index >= 15 is 0 Å². The summed E-state index contributed by atoms with van der Waals surface area (Å²) < 4.78 is 19.1. The van der Waals surface area contributed by atoms with E-state index in [0.29, 0.717) is 5.75 Å². The number of rotatable bonds is 4. The van der Waals surface area contributed by atoms with Gasteiger partial charge in [0.05, 0.1) is 11.6 Å². The minimum absolute atomic E-state index is 0.00398. The van der Waals surface area contributed by atoms with Gasteiger partial charge in [-0.05, 0) is 42.3 Å². The third kappa shape index (κ3) is 3.14. The van der Waals surface area contributed by atoms with Crippen molar-refractivity contribution in [3.05, 3.63) is 59.4 Å². The van der Waals surface area contributed by atoms with Crippen LogP contribution in [0.2, 0.25) is 0 Å². The number of benzene rings is 2. The van der Waals surface area contributed by atoms with E-state index in [-0.39, 0.29) is 17.4 Å². The molecule has 0 saturated carbocycles. The summed E-state index contributed by atoms with van der Waals surface area (Å²) in [6.07, 6.45) is 0.852. The molecule has 0 aliphatic heterocycles. The van der Waals surface area contributed by atoms with Crippen molar-refractivity contribution in [3.63, 3.8) is 0 Å². The Bertz CT molecular complexity index is 632. The van der Waals surface area contributed by atoms with E-state index in [1.54, 1.807) is 12.1 Å². The lowest BCUT2D eigenvalue weighted by atomic mass is 10.1. The number of hydrogen-bond acceptors (Lipinski definition) is 3. The van der Waals surface area contributed by atoms with E-state index in [2.05, 4.69) is 0 Å².